The number of hydrogen-bond acceptors (Lipinski definition) is 5. The van der Waals surface area contributed by atoms with Crippen molar-refractivity contribution in [2.45, 2.75) is 25.7 Å². The summed E-state index contributed by atoms with van der Waals surface area (Å²) >= 11 is 0. The van der Waals surface area contributed by atoms with Gasteiger partial charge in [0.1, 0.15) is 17.7 Å². The Hall–Kier alpha value is -3.10. The Morgan fingerprint density at radius 1 is 1.30 bits per heavy atom. The molecule has 1 fully saturated rings. The summed E-state index contributed by atoms with van der Waals surface area (Å²) in [6.07, 6.45) is 6.86. The van der Waals surface area contributed by atoms with Crippen LogP contribution in [0, 0.1) is 11.7 Å². The smallest absolute Gasteiger partial charge is 0.259 e. The van der Waals surface area contributed by atoms with Gasteiger partial charge in [0.25, 0.3) is 5.91 Å². The third-order valence-electron chi connectivity index (χ3n) is 4.99. The van der Waals surface area contributed by atoms with Gasteiger partial charge in [0.2, 0.25) is 0 Å². The number of halogens is 1. The molecule has 0 bridgehead atoms. The Bertz CT molecular complexity index is 891. The molecular weight excluding hydrogens is 349 g/mol. The van der Waals surface area contributed by atoms with Crippen molar-refractivity contribution in [3.8, 4) is 5.82 Å². The van der Waals surface area contributed by atoms with Crippen LogP contribution in [0.2, 0.25) is 0 Å². The average molecular weight is 369 g/mol. The third-order valence-corrected chi connectivity index (χ3v) is 4.99. The van der Waals surface area contributed by atoms with E-state index in [1.54, 1.807) is 0 Å². The summed E-state index contributed by atoms with van der Waals surface area (Å²) < 4.78 is 14.4. The molecule has 140 valence electrons. The minimum absolute atomic E-state index is 0.0688. The molecule has 0 spiro atoms. The van der Waals surface area contributed by atoms with Crippen LogP contribution in [0.5, 0.6) is 0 Å². The minimum Gasteiger partial charge on any atom is -0.338 e. The van der Waals surface area contributed by atoms with Gasteiger partial charge in [-0.15, -0.1) is 5.10 Å². The number of amides is 1. The third kappa shape index (κ3) is 3.86. The first-order valence-electron chi connectivity index (χ1n) is 9.01. The van der Waals surface area contributed by atoms with Gasteiger partial charge in [0.05, 0.1) is 6.20 Å². The fourth-order valence-electron chi connectivity index (χ4n) is 3.55. The molecule has 9 heteroatoms. The second-order valence-corrected chi connectivity index (χ2v) is 6.81. The van der Waals surface area contributed by atoms with Crippen molar-refractivity contribution < 1.29 is 9.18 Å². The Kier molecular flexibility index (Phi) is 4.91. The summed E-state index contributed by atoms with van der Waals surface area (Å²) in [4.78, 5) is 14.8. The highest BCUT2D eigenvalue weighted by Crippen LogP contribution is 2.24. The van der Waals surface area contributed by atoms with E-state index in [4.69, 9.17) is 0 Å². The zero-order chi connectivity index (χ0) is 18.6. The highest BCUT2D eigenvalue weighted by Gasteiger charge is 2.27. The molecule has 3 heterocycles. The highest BCUT2D eigenvalue weighted by atomic mass is 19.1. The number of carbonyl (C=O) groups is 1. The predicted octanol–water partition coefficient (Wildman–Crippen LogP) is 2.01. The molecular formula is C18H20FN7O. The van der Waals surface area contributed by atoms with Crippen molar-refractivity contribution in [3.63, 3.8) is 0 Å². The van der Waals surface area contributed by atoms with E-state index in [1.165, 1.54) is 29.3 Å². The summed E-state index contributed by atoms with van der Waals surface area (Å²) in [5.74, 6) is 0.613. The van der Waals surface area contributed by atoms with Gasteiger partial charge in [0.15, 0.2) is 5.82 Å². The number of piperidine rings is 1. The van der Waals surface area contributed by atoms with E-state index >= 15 is 0 Å². The van der Waals surface area contributed by atoms with Crippen LogP contribution in [0.4, 0.5) is 4.39 Å². The lowest BCUT2D eigenvalue weighted by atomic mass is 9.91. The number of rotatable bonds is 5. The molecule has 27 heavy (non-hydrogen) atoms. The number of likely N-dealkylation sites (tertiary alicyclic amines) is 1. The zero-order valence-corrected chi connectivity index (χ0v) is 14.8. The van der Waals surface area contributed by atoms with Gasteiger partial charge < -0.3 is 4.90 Å². The molecule has 3 aromatic rings. The monoisotopic (exact) mass is 369 g/mol. The van der Waals surface area contributed by atoms with Gasteiger partial charge >= 0.3 is 0 Å². The second-order valence-electron chi connectivity index (χ2n) is 6.81. The van der Waals surface area contributed by atoms with Gasteiger partial charge in [-0.1, -0.05) is 12.1 Å². The van der Waals surface area contributed by atoms with Gasteiger partial charge in [-0.05, 0) is 59.7 Å². The van der Waals surface area contributed by atoms with E-state index in [0.29, 0.717) is 23.8 Å². The van der Waals surface area contributed by atoms with Crippen molar-refractivity contribution >= 4 is 5.91 Å². The van der Waals surface area contributed by atoms with Gasteiger partial charge in [-0.25, -0.2) is 4.39 Å². The molecule has 1 aliphatic heterocycles. The van der Waals surface area contributed by atoms with Gasteiger partial charge in [0, 0.05) is 13.1 Å². The first kappa shape index (κ1) is 17.3. The molecule has 1 aliphatic rings. The van der Waals surface area contributed by atoms with Crippen molar-refractivity contribution in [2.24, 2.45) is 5.92 Å². The van der Waals surface area contributed by atoms with Crippen LogP contribution < -0.4 is 0 Å². The van der Waals surface area contributed by atoms with E-state index < -0.39 is 0 Å². The highest BCUT2D eigenvalue weighted by molar-refractivity contribution is 5.97. The molecule has 1 N–H and O–H groups in total. The lowest BCUT2D eigenvalue weighted by Crippen LogP contribution is -2.40. The molecule has 0 aliphatic carbocycles. The first-order valence-corrected chi connectivity index (χ1v) is 9.01. The predicted molar refractivity (Wildman–Crippen MR) is 94.6 cm³/mol. The Labute approximate surface area is 155 Å². The summed E-state index contributed by atoms with van der Waals surface area (Å²) in [6, 6.07) is 6.63. The van der Waals surface area contributed by atoms with E-state index in [1.807, 2.05) is 17.0 Å². The molecule has 4 rings (SSSR count). The lowest BCUT2D eigenvalue weighted by Gasteiger charge is -2.32. The van der Waals surface area contributed by atoms with Crippen LogP contribution in [0.3, 0.4) is 0 Å². The normalized spacial score (nSPS) is 17.2. The molecule has 1 saturated heterocycles. The topological polar surface area (TPSA) is 92.6 Å². The fraction of sp³-hybridized carbons (Fsp3) is 0.389. The minimum atomic E-state index is -0.216. The number of carbonyl (C=O) groups excluding carboxylic acids is 1. The molecule has 0 unspecified atom stereocenters. The number of nitrogens with zero attached hydrogens (tertiary/aromatic N) is 6. The molecule has 0 radical (unpaired) electrons. The molecule has 8 nitrogen and oxygen atoms in total. The van der Waals surface area contributed by atoms with E-state index in [9.17, 15) is 9.18 Å². The summed E-state index contributed by atoms with van der Waals surface area (Å²) in [6.45, 7) is 1.44. The number of H-pyrrole nitrogens is 1. The number of benzene rings is 1. The summed E-state index contributed by atoms with van der Waals surface area (Å²) in [7, 11) is 0. The fourth-order valence-corrected chi connectivity index (χ4v) is 3.55. The standard InChI is InChI=1S/C18H20FN7O/c19-15-7-5-13(6-8-15)3-4-14-2-1-9-25(11-14)18(27)16-10-20-22-17(16)26-12-21-23-24-26/h5-8,10,12,14H,1-4,9,11H2,(H,20,22)/t14-/m1/s1. The molecule has 1 amide bonds. The lowest BCUT2D eigenvalue weighted by molar-refractivity contribution is 0.0668. The maximum Gasteiger partial charge on any atom is 0.259 e. The Morgan fingerprint density at radius 2 is 2.15 bits per heavy atom. The number of hydrogen-bond donors (Lipinski definition) is 1. The van der Waals surface area contributed by atoms with Gasteiger partial charge in [-0.3, -0.25) is 9.89 Å². The molecule has 0 saturated carbocycles. The van der Waals surface area contributed by atoms with Crippen molar-refractivity contribution in [3.05, 3.63) is 53.7 Å². The Morgan fingerprint density at radius 3 is 2.93 bits per heavy atom. The number of aromatic amines is 1. The van der Waals surface area contributed by atoms with E-state index in [2.05, 4.69) is 25.7 Å². The number of aryl methyl sites for hydroxylation is 1. The summed E-state index contributed by atoms with van der Waals surface area (Å²) in [5, 5.41) is 17.8. The van der Waals surface area contributed by atoms with Crippen LogP contribution in [-0.4, -0.2) is 54.3 Å². The summed E-state index contributed by atoms with van der Waals surface area (Å²) in [5.41, 5.74) is 1.58. The van der Waals surface area contributed by atoms with Crippen LogP contribution >= 0.6 is 0 Å². The van der Waals surface area contributed by atoms with E-state index in [-0.39, 0.29) is 11.7 Å². The SMILES string of the molecule is O=C(c1cn[nH]c1-n1cnnn1)N1CCC[C@H](CCc2ccc(F)cc2)C1. The van der Waals surface area contributed by atoms with Crippen molar-refractivity contribution in [1.29, 1.82) is 0 Å². The van der Waals surface area contributed by atoms with Crippen LogP contribution in [-0.2, 0) is 6.42 Å². The largest absolute Gasteiger partial charge is 0.338 e. The maximum atomic E-state index is 13.0. The molecule has 2 aromatic heterocycles. The van der Waals surface area contributed by atoms with Crippen molar-refractivity contribution in [1.82, 2.24) is 35.3 Å². The quantitative estimate of drug-likeness (QED) is 0.743. The van der Waals surface area contributed by atoms with E-state index in [0.717, 1.165) is 37.8 Å². The number of aromatic nitrogens is 6. The first-order chi connectivity index (χ1) is 13.2. The van der Waals surface area contributed by atoms with Crippen LogP contribution in [0.15, 0.2) is 36.8 Å². The second kappa shape index (κ2) is 7.65. The maximum absolute atomic E-state index is 13.0. The molecule has 1 aromatic carbocycles. The van der Waals surface area contributed by atoms with Crippen LogP contribution in [0.1, 0.15) is 35.2 Å². The van der Waals surface area contributed by atoms with Crippen molar-refractivity contribution in [2.75, 3.05) is 13.1 Å². The van der Waals surface area contributed by atoms with Gasteiger partial charge in [-0.2, -0.15) is 9.78 Å². The Balaban J connectivity index is 1.40. The number of nitrogens with one attached hydrogen (secondary N) is 1. The van der Waals surface area contributed by atoms with Crippen LogP contribution in [0.25, 0.3) is 5.82 Å². The zero-order valence-electron chi connectivity index (χ0n) is 14.8. The average Bonchev–Trinajstić information content (AvgIpc) is 3.38. The molecule has 1 atom stereocenters. The number of tetrazole rings is 1.